The van der Waals surface area contributed by atoms with E-state index < -0.39 is 0 Å². The van der Waals surface area contributed by atoms with Gasteiger partial charge in [0.2, 0.25) is 5.88 Å². The van der Waals surface area contributed by atoms with Crippen molar-refractivity contribution in [3.05, 3.63) is 46.3 Å². The molecule has 0 radical (unpaired) electrons. The predicted octanol–water partition coefficient (Wildman–Crippen LogP) is 3.20. The summed E-state index contributed by atoms with van der Waals surface area (Å²) in [4.78, 5) is 18.5. The van der Waals surface area contributed by atoms with Gasteiger partial charge in [-0.25, -0.2) is 9.78 Å². The van der Waals surface area contributed by atoms with E-state index in [1.807, 2.05) is 17.0 Å². The van der Waals surface area contributed by atoms with Crippen LogP contribution in [0.5, 0.6) is 5.88 Å². The number of rotatable bonds is 4. The quantitative estimate of drug-likeness (QED) is 0.942. The van der Waals surface area contributed by atoms with Crippen LogP contribution in [0.3, 0.4) is 0 Å². The SMILES string of the molecule is COc1ncccc1CNC(=O)N1CCC[C@@H]1c1ccsc1. The topological polar surface area (TPSA) is 54.5 Å². The highest BCUT2D eigenvalue weighted by atomic mass is 32.1. The summed E-state index contributed by atoms with van der Waals surface area (Å²) in [5.74, 6) is 0.554. The molecule has 1 aliphatic rings. The van der Waals surface area contributed by atoms with E-state index in [4.69, 9.17) is 4.74 Å². The molecule has 0 saturated carbocycles. The first kappa shape index (κ1) is 14.8. The minimum atomic E-state index is -0.0281. The third kappa shape index (κ3) is 3.06. The molecular weight excluding hydrogens is 298 g/mol. The largest absolute Gasteiger partial charge is 0.481 e. The average Bonchev–Trinajstić information content (AvgIpc) is 3.23. The molecule has 1 fully saturated rings. The van der Waals surface area contributed by atoms with Crippen LogP contribution in [-0.2, 0) is 6.54 Å². The molecule has 2 amide bonds. The zero-order valence-corrected chi connectivity index (χ0v) is 13.3. The Bertz CT molecular complexity index is 630. The zero-order valence-electron chi connectivity index (χ0n) is 12.5. The number of nitrogens with one attached hydrogen (secondary N) is 1. The molecule has 1 atom stereocenters. The summed E-state index contributed by atoms with van der Waals surface area (Å²) in [5.41, 5.74) is 2.11. The van der Waals surface area contributed by atoms with E-state index in [2.05, 4.69) is 27.1 Å². The number of pyridine rings is 1. The lowest BCUT2D eigenvalue weighted by Crippen LogP contribution is -2.39. The van der Waals surface area contributed by atoms with Crippen molar-refractivity contribution in [3.63, 3.8) is 0 Å². The molecule has 1 N–H and O–H groups in total. The number of hydrogen-bond acceptors (Lipinski definition) is 4. The lowest BCUT2D eigenvalue weighted by molar-refractivity contribution is 0.192. The van der Waals surface area contributed by atoms with Crippen molar-refractivity contribution in [2.45, 2.75) is 25.4 Å². The second-order valence-corrected chi connectivity index (χ2v) is 6.02. The molecule has 22 heavy (non-hydrogen) atoms. The highest BCUT2D eigenvalue weighted by Gasteiger charge is 2.30. The molecule has 3 rings (SSSR count). The van der Waals surface area contributed by atoms with E-state index >= 15 is 0 Å². The van der Waals surface area contributed by atoms with Crippen molar-refractivity contribution in [1.29, 1.82) is 0 Å². The van der Waals surface area contributed by atoms with Gasteiger partial charge in [0.1, 0.15) is 0 Å². The highest BCUT2D eigenvalue weighted by molar-refractivity contribution is 7.07. The van der Waals surface area contributed by atoms with Crippen LogP contribution in [0.1, 0.15) is 30.0 Å². The zero-order chi connectivity index (χ0) is 15.4. The van der Waals surface area contributed by atoms with E-state index in [1.54, 1.807) is 24.6 Å². The third-order valence-electron chi connectivity index (χ3n) is 3.91. The van der Waals surface area contributed by atoms with Crippen LogP contribution in [0.15, 0.2) is 35.2 Å². The molecular formula is C16H19N3O2S. The molecule has 5 nitrogen and oxygen atoms in total. The number of likely N-dealkylation sites (tertiary alicyclic amines) is 1. The summed E-state index contributed by atoms with van der Waals surface area (Å²) in [6.07, 6.45) is 3.75. The Morgan fingerprint density at radius 3 is 3.23 bits per heavy atom. The van der Waals surface area contributed by atoms with Crippen molar-refractivity contribution in [2.24, 2.45) is 0 Å². The van der Waals surface area contributed by atoms with E-state index in [1.165, 1.54) is 5.56 Å². The van der Waals surface area contributed by atoms with Crippen LogP contribution in [0.25, 0.3) is 0 Å². The third-order valence-corrected chi connectivity index (χ3v) is 4.62. The lowest BCUT2D eigenvalue weighted by atomic mass is 10.1. The van der Waals surface area contributed by atoms with Gasteiger partial charge in [0.15, 0.2) is 0 Å². The molecule has 0 bridgehead atoms. The molecule has 0 unspecified atom stereocenters. The minimum Gasteiger partial charge on any atom is -0.481 e. The molecule has 0 aromatic carbocycles. The molecule has 1 aliphatic heterocycles. The van der Waals surface area contributed by atoms with Gasteiger partial charge in [0.25, 0.3) is 0 Å². The first-order valence-electron chi connectivity index (χ1n) is 7.34. The standard InChI is InChI=1S/C16H19N3O2S/c1-21-15-12(4-2-7-17-15)10-18-16(20)19-8-3-5-14(19)13-6-9-22-11-13/h2,4,6-7,9,11,14H,3,5,8,10H2,1H3,(H,18,20)/t14-/m1/s1. The van der Waals surface area contributed by atoms with Gasteiger partial charge in [-0.3, -0.25) is 0 Å². The first-order chi connectivity index (χ1) is 10.8. The first-order valence-corrected chi connectivity index (χ1v) is 8.28. The van der Waals surface area contributed by atoms with E-state index in [9.17, 15) is 4.79 Å². The molecule has 2 aromatic heterocycles. The van der Waals surface area contributed by atoms with Gasteiger partial charge in [-0.15, -0.1) is 0 Å². The number of amides is 2. The minimum absolute atomic E-state index is 0.0281. The Kier molecular flexibility index (Phi) is 4.58. The van der Waals surface area contributed by atoms with E-state index in [-0.39, 0.29) is 12.1 Å². The Labute approximate surface area is 133 Å². The number of carbonyl (C=O) groups is 1. The number of methoxy groups -OCH3 is 1. The van der Waals surface area contributed by atoms with Crippen LogP contribution in [-0.4, -0.2) is 29.6 Å². The van der Waals surface area contributed by atoms with Gasteiger partial charge >= 0.3 is 6.03 Å². The normalized spacial score (nSPS) is 17.5. The fourth-order valence-corrected chi connectivity index (χ4v) is 3.54. The molecule has 0 aliphatic carbocycles. The Balaban J connectivity index is 1.64. The van der Waals surface area contributed by atoms with Gasteiger partial charge in [-0.05, 0) is 41.3 Å². The second-order valence-electron chi connectivity index (χ2n) is 5.24. The molecule has 2 aromatic rings. The van der Waals surface area contributed by atoms with Crippen molar-refractivity contribution in [2.75, 3.05) is 13.7 Å². The summed E-state index contributed by atoms with van der Waals surface area (Å²) in [7, 11) is 1.58. The Morgan fingerprint density at radius 2 is 2.45 bits per heavy atom. The second kappa shape index (κ2) is 6.79. The van der Waals surface area contributed by atoms with Gasteiger partial charge < -0.3 is 15.0 Å². The van der Waals surface area contributed by atoms with Crippen molar-refractivity contribution >= 4 is 17.4 Å². The van der Waals surface area contributed by atoms with E-state index in [0.717, 1.165) is 24.9 Å². The fourth-order valence-electron chi connectivity index (χ4n) is 2.84. The van der Waals surface area contributed by atoms with Gasteiger partial charge in [-0.2, -0.15) is 11.3 Å². The summed E-state index contributed by atoms with van der Waals surface area (Å²) in [6.45, 7) is 1.22. The van der Waals surface area contributed by atoms with E-state index in [0.29, 0.717) is 12.4 Å². The average molecular weight is 317 g/mol. The number of aromatic nitrogens is 1. The smallest absolute Gasteiger partial charge is 0.318 e. The van der Waals surface area contributed by atoms with Crippen LogP contribution < -0.4 is 10.1 Å². The summed E-state index contributed by atoms with van der Waals surface area (Å²) in [6, 6.07) is 6.02. The number of urea groups is 1. The van der Waals surface area contributed by atoms with Crippen LogP contribution >= 0.6 is 11.3 Å². The molecule has 3 heterocycles. The van der Waals surface area contributed by atoms with Gasteiger partial charge in [0.05, 0.1) is 13.2 Å². The van der Waals surface area contributed by atoms with Crippen molar-refractivity contribution in [3.8, 4) is 5.88 Å². The summed E-state index contributed by atoms with van der Waals surface area (Å²) >= 11 is 1.67. The number of hydrogen-bond donors (Lipinski definition) is 1. The fraction of sp³-hybridized carbons (Fsp3) is 0.375. The van der Waals surface area contributed by atoms with Crippen LogP contribution in [0.2, 0.25) is 0 Å². The molecule has 1 saturated heterocycles. The summed E-state index contributed by atoms with van der Waals surface area (Å²) in [5, 5.41) is 7.16. The van der Waals surface area contributed by atoms with Crippen molar-refractivity contribution in [1.82, 2.24) is 15.2 Å². The maximum absolute atomic E-state index is 12.5. The number of nitrogens with zero attached hydrogens (tertiary/aromatic N) is 2. The monoisotopic (exact) mass is 317 g/mol. The maximum atomic E-state index is 12.5. The predicted molar refractivity (Wildman–Crippen MR) is 86.0 cm³/mol. The number of carbonyl (C=O) groups excluding carboxylic acids is 1. The molecule has 6 heteroatoms. The van der Waals surface area contributed by atoms with Crippen LogP contribution in [0, 0.1) is 0 Å². The Hall–Kier alpha value is -2.08. The molecule has 116 valence electrons. The number of thiophene rings is 1. The van der Waals surface area contributed by atoms with Crippen molar-refractivity contribution < 1.29 is 9.53 Å². The maximum Gasteiger partial charge on any atom is 0.318 e. The summed E-state index contributed by atoms with van der Waals surface area (Å²) < 4.78 is 5.21. The Morgan fingerprint density at radius 1 is 1.55 bits per heavy atom. The van der Waals surface area contributed by atoms with Gasteiger partial charge in [-0.1, -0.05) is 6.07 Å². The van der Waals surface area contributed by atoms with Gasteiger partial charge in [0, 0.05) is 24.8 Å². The highest BCUT2D eigenvalue weighted by Crippen LogP contribution is 2.32. The lowest BCUT2D eigenvalue weighted by Gasteiger charge is -2.24. The molecule has 0 spiro atoms. The van der Waals surface area contributed by atoms with Crippen LogP contribution in [0.4, 0.5) is 4.79 Å². The number of ether oxygens (including phenoxy) is 1.